The van der Waals surface area contributed by atoms with Crippen LogP contribution in [0.4, 0.5) is 14.5 Å². The van der Waals surface area contributed by atoms with Crippen LogP contribution in [0.3, 0.4) is 0 Å². The van der Waals surface area contributed by atoms with Gasteiger partial charge in [-0.2, -0.15) is 8.78 Å². The standard InChI is InChI=1S/C13H17F2NO/c1-9(13(2)7-8-13)16-10-3-5-11(6-4-10)17-12(14)15/h3-6,9,12,16H,7-8H2,1-2H3. The number of rotatable bonds is 5. The lowest BCUT2D eigenvalue weighted by Crippen LogP contribution is -2.24. The lowest BCUT2D eigenvalue weighted by atomic mass is 10.0. The van der Waals surface area contributed by atoms with Crippen LogP contribution in [-0.4, -0.2) is 12.7 Å². The zero-order chi connectivity index (χ0) is 12.5. The molecule has 0 aromatic heterocycles. The molecule has 1 unspecified atom stereocenters. The summed E-state index contributed by atoms with van der Waals surface area (Å²) in [5.41, 5.74) is 1.32. The number of benzene rings is 1. The Kier molecular flexibility index (Phi) is 3.22. The van der Waals surface area contributed by atoms with Crippen molar-refractivity contribution in [2.24, 2.45) is 5.41 Å². The Morgan fingerprint density at radius 2 is 1.82 bits per heavy atom. The smallest absolute Gasteiger partial charge is 0.387 e. The molecule has 1 fully saturated rings. The maximum atomic E-state index is 12.0. The molecule has 0 bridgehead atoms. The van der Waals surface area contributed by atoms with Crippen molar-refractivity contribution in [2.75, 3.05) is 5.32 Å². The minimum absolute atomic E-state index is 0.191. The molecule has 1 aliphatic carbocycles. The molecule has 2 rings (SSSR count). The van der Waals surface area contributed by atoms with Gasteiger partial charge in [0.15, 0.2) is 0 Å². The van der Waals surface area contributed by atoms with Crippen LogP contribution in [0.1, 0.15) is 26.7 Å². The van der Waals surface area contributed by atoms with E-state index in [1.54, 1.807) is 24.3 Å². The molecular formula is C13H17F2NO. The molecule has 0 aliphatic heterocycles. The van der Waals surface area contributed by atoms with Gasteiger partial charge in [-0.25, -0.2) is 0 Å². The van der Waals surface area contributed by atoms with Crippen LogP contribution in [0, 0.1) is 5.41 Å². The molecule has 1 aliphatic rings. The number of halogens is 2. The summed E-state index contributed by atoms with van der Waals surface area (Å²) in [4.78, 5) is 0. The molecule has 0 radical (unpaired) electrons. The fraction of sp³-hybridized carbons (Fsp3) is 0.538. The highest BCUT2D eigenvalue weighted by Gasteiger charge is 2.42. The highest BCUT2D eigenvalue weighted by molar-refractivity contribution is 5.47. The van der Waals surface area contributed by atoms with E-state index in [4.69, 9.17) is 0 Å². The SMILES string of the molecule is CC(Nc1ccc(OC(F)F)cc1)C1(C)CC1. The first-order valence-corrected chi connectivity index (χ1v) is 5.81. The Labute approximate surface area is 100.0 Å². The van der Waals surface area contributed by atoms with Gasteiger partial charge >= 0.3 is 6.61 Å². The maximum Gasteiger partial charge on any atom is 0.387 e. The Hall–Kier alpha value is -1.32. The van der Waals surface area contributed by atoms with E-state index in [9.17, 15) is 8.78 Å². The molecule has 1 aromatic carbocycles. The van der Waals surface area contributed by atoms with Crippen molar-refractivity contribution in [3.63, 3.8) is 0 Å². The summed E-state index contributed by atoms with van der Waals surface area (Å²) in [5, 5.41) is 3.38. The minimum Gasteiger partial charge on any atom is -0.435 e. The molecule has 1 atom stereocenters. The van der Waals surface area contributed by atoms with E-state index in [1.165, 1.54) is 12.8 Å². The predicted octanol–water partition coefficient (Wildman–Crippen LogP) is 3.89. The molecule has 1 N–H and O–H groups in total. The summed E-state index contributed by atoms with van der Waals surface area (Å²) < 4.78 is 28.2. The Morgan fingerprint density at radius 1 is 1.24 bits per heavy atom. The molecule has 94 valence electrons. The number of anilines is 1. The van der Waals surface area contributed by atoms with Gasteiger partial charge in [-0.15, -0.1) is 0 Å². The summed E-state index contributed by atoms with van der Waals surface area (Å²) in [6.45, 7) is 1.63. The number of hydrogen-bond acceptors (Lipinski definition) is 2. The summed E-state index contributed by atoms with van der Waals surface area (Å²) in [7, 11) is 0. The third-order valence-electron chi connectivity index (χ3n) is 3.55. The first kappa shape index (κ1) is 12.1. The van der Waals surface area contributed by atoms with Crippen molar-refractivity contribution in [3.05, 3.63) is 24.3 Å². The highest BCUT2D eigenvalue weighted by atomic mass is 19.3. The fourth-order valence-electron chi connectivity index (χ4n) is 1.79. The van der Waals surface area contributed by atoms with Crippen molar-refractivity contribution >= 4 is 5.69 Å². The van der Waals surface area contributed by atoms with E-state index >= 15 is 0 Å². The third kappa shape index (κ3) is 3.08. The molecule has 0 heterocycles. The molecule has 0 saturated heterocycles. The zero-order valence-corrected chi connectivity index (χ0v) is 10.0. The molecule has 4 heteroatoms. The fourth-order valence-corrected chi connectivity index (χ4v) is 1.79. The lowest BCUT2D eigenvalue weighted by molar-refractivity contribution is -0.0498. The second-order valence-corrected chi connectivity index (χ2v) is 4.92. The summed E-state index contributed by atoms with van der Waals surface area (Å²) in [6.07, 6.45) is 2.49. The first-order valence-electron chi connectivity index (χ1n) is 5.81. The molecule has 1 aromatic rings. The van der Waals surface area contributed by atoms with Crippen LogP contribution in [0.15, 0.2) is 24.3 Å². The average molecular weight is 241 g/mol. The van der Waals surface area contributed by atoms with Crippen molar-refractivity contribution in [2.45, 2.75) is 39.3 Å². The number of alkyl halides is 2. The van der Waals surface area contributed by atoms with Crippen molar-refractivity contribution in [1.82, 2.24) is 0 Å². The topological polar surface area (TPSA) is 21.3 Å². The van der Waals surface area contributed by atoms with Crippen LogP contribution < -0.4 is 10.1 Å². The Bertz CT molecular complexity index is 374. The average Bonchev–Trinajstić information content (AvgIpc) is 3.00. The molecule has 0 amide bonds. The first-order chi connectivity index (χ1) is 7.99. The van der Waals surface area contributed by atoms with Crippen LogP contribution in [0.25, 0.3) is 0 Å². The van der Waals surface area contributed by atoms with Gasteiger partial charge in [0.1, 0.15) is 5.75 Å². The molecule has 17 heavy (non-hydrogen) atoms. The van der Waals surface area contributed by atoms with Gasteiger partial charge in [0.05, 0.1) is 0 Å². The second kappa shape index (κ2) is 4.51. The zero-order valence-electron chi connectivity index (χ0n) is 10.0. The second-order valence-electron chi connectivity index (χ2n) is 4.92. The summed E-state index contributed by atoms with van der Waals surface area (Å²) in [6, 6.07) is 7.02. The minimum atomic E-state index is -2.77. The van der Waals surface area contributed by atoms with Crippen molar-refractivity contribution < 1.29 is 13.5 Å². The van der Waals surface area contributed by atoms with Gasteiger partial charge in [-0.05, 0) is 49.4 Å². The van der Waals surface area contributed by atoms with E-state index in [0.29, 0.717) is 11.5 Å². The number of nitrogens with one attached hydrogen (secondary N) is 1. The van der Waals surface area contributed by atoms with Crippen LogP contribution in [0.5, 0.6) is 5.75 Å². The van der Waals surface area contributed by atoms with E-state index < -0.39 is 6.61 Å². The van der Waals surface area contributed by atoms with E-state index in [0.717, 1.165) is 5.69 Å². The van der Waals surface area contributed by atoms with E-state index in [1.807, 2.05) is 0 Å². The van der Waals surface area contributed by atoms with Crippen LogP contribution in [-0.2, 0) is 0 Å². The number of ether oxygens (including phenoxy) is 1. The van der Waals surface area contributed by atoms with Gasteiger partial charge < -0.3 is 10.1 Å². The highest BCUT2D eigenvalue weighted by Crippen LogP contribution is 2.48. The van der Waals surface area contributed by atoms with Crippen molar-refractivity contribution in [1.29, 1.82) is 0 Å². The van der Waals surface area contributed by atoms with Crippen LogP contribution in [0.2, 0.25) is 0 Å². The normalized spacial score (nSPS) is 18.9. The number of hydrogen-bond donors (Lipinski definition) is 1. The molecule has 2 nitrogen and oxygen atoms in total. The predicted molar refractivity (Wildman–Crippen MR) is 63.5 cm³/mol. The quantitative estimate of drug-likeness (QED) is 0.844. The molecular weight excluding hydrogens is 224 g/mol. The monoisotopic (exact) mass is 241 g/mol. The Balaban J connectivity index is 1.93. The van der Waals surface area contributed by atoms with Gasteiger partial charge in [-0.3, -0.25) is 0 Å². The maximum absolute atomic E-state index is 12.0. The van der Waals surface area contributed by atoms with Crippen molar-refractivity contribution in [3.8, 4) is 5.75 Å². The molecule has 0 spiro atoms. The van der Waals surface area contributed by atoms with Gasteiger partial charge in [0, 0.05) is 11.7 Å². The van der Waals surface area contributed by atoms with E-state index in [2.05, 4.69) is 23.9 Å². The third-order valence-corrected chi connectivity index (χ3v) is 3.55. The van der Waals surface area contributed by atoms with Gasteiger partial charge in [-0.1, -0.05) is 6.92 Å². The molecule has 1 saturated carbocycles. The largest absolute Gasteiger partial charge is 0.435 e. The summed E-state index contributed by atoms with van der Waals surface area (Å²) >= 11 is 0. The van der Waals surface area contributed by atoms with Gasteiger partial charge in [0.25, 0.3) is 0 Å². The van der Waals surface area contributed by atoms with E-state index in [-0.39, 0.29) is 5.75 Å². The Morgan fingerprint density at radius 3 is 2.29 bits per heavy atom. The summed E-state index contributed by atoms with van der Waals surface area (Å²) in [5.74, 6) is 0.191. The lowest BCUT2D eigenvalue weighted by Gasteiger charge is -2.21. The van der Waals surface area contributed by atoms with Crippen LogP contribution >= 0.6 is 0 Å². The van der Waals surface area contributed by atoms with Gasteiger partial charge in [0.2, 0.25) is 0 Å².